The first kappa shape index (κ1) is 24.6. The standard InChI is InChI=1S/C18H19Si.C5H5.2ClH.Zr/c1-2-19(12-7-13-19)18-16-10-5-3-8-14(16)15-9-4-6-11-17(15)18;1-2-4-5-3-1;;;/h3-6,8-10,18H,2,7,12-13H2,1H3;1-3H,4H2;2*1H;/q2*-1;;;+4/p-2. The van der Waals surface area contributed by atoms with Gasteiger partial charge in [-0.05, 0) is 11.1 Å². The predicted molar refractivity (Wildman–Crippen MR) is 105 cm³/mol. The van der Waals surface area contributed by atoms with Crippen molar-refractivity contribution in [1.29, 1.82) is 0 Å². The average Bonchev–Trinajstić information content (AvgIpc) is 3.26. The first-order valence-corrected chi connectivity index (χ1v) is 11.9. The third kappa shape index (κ3) is 4.61. The topological polar surface area (TPSA) is 0 Å². The third-order valence-corrected chi connectivity index (χ3v) is 11.9. The van der Waals surface area contributed by atoms with Gasteiger partial charge in [0.15, 0.2) is 0 Å². The minimum atomic E-state index is -1.12. The number of halogens is 2. The Balaban J connectivity index is 0.000000402. The predicted octanol–water partition coefficient (Wildman–Crippen LogP) is 0.322. The van der Waals surface area contributed by atoms with Crippen molar-refractivity contribution in [3.63, 3.8) is 0 Å². The van der Waals surface area contributed by atoms with E-state index in [1.54, 1.807) is 5.56 Å². The largest absolute Gasteiger partial charge is 4.00 e. The first-order chi connectivity index (χ1) is 11.9. The number of hydrogen-bond donors (Lipinski definition) is 0. The van der Waals surface area contributed by atoms with E-state index >= 15 is 0 Å². The van der Waals surface area contributed by atoms with E-state index in [-0.39, 0.29) is 51.0 Å². The van der Waals surface area contributed by atoms with E-state index < -0.39 is 8.07 Å². The molecular formula is C23H24Cl2SiZr. The first-order valence-electron chi connectivity index (χ1n) is 9.17. The number of rotatable bonds is 2. The Morgan fingerprint density at radius 2 is 1.78 bits per heavy atom. The Morgan fingerprint density at radius 3 is 2.33 bits per heavy atom. The maximum absolute atomic E-state index is 3.59. The normalized spacial score (nSPS) is 19.1. The van der Waals surface area contributed by atoms with E-state index in [0.29, 0.717) is 0 Å². The number of fused-ring (bicyclic) bond motifs is 3. The van der Waals surface area contributed by atoms with E-state index in [1.807, 2.05) is 12.2 Å². The molecule has 2 aliphatic carbocycles. The van der Waals surface area contributed by atoms with Gasteiger partial charge in [-0.2, -0.15) is 30.3 Å². The Hall–Kier alpha value is -0.400. The van der Waals surface area contributed by atoms with Crippen LogP contribution in [0.3, 0.4) is 0 Å². The van der Waals surface area contributed by atoms with Crippen LogP contribution >= 0.6 is 0 Å². The monoisotopic (exact) mass is 488 g/mol. The SMILES string of the molecule is CC[Si]1(C2c3[c-]cccc3-c3ccccc32)CCC1.[C-]1=CC=CC1.[Cl-].[Cl-].[Zr+4]. The second-order valence-electron chi connectivity index (χ2n) is 7.09. The Bertz CT molecular complexity index is 735. The summed E-state index contributed by atoms with van der Waals surface area (Å²) in [5.41, 5.74) is 6.77. The molecule has 0 saturated carbocycles. The smallest absolute Gasteiger partial charge is 1.00 e. The fourth-order valence-electron chi connectivity index (χ4n) is 4.53. The van der Waals surface area contributed by atoms with Crippen LogP contribution in [0.2, 0.25) is 18.1 Å². The zero-order valence-corrected chi connectivity index (χ0v) is 20.6. The van der Waals surface area contributed by atoms with Gasteiger partial charge in [-0.3, -0.25) is 6.08 Å². The molecule has 138 valence electrons. The molecule has 0 bridgehead atoms. The molecule has 1 unspecified atom stereocenters. The molecule has 1 atom stereocenters. The Morgan fingerprint density at radius 1 is 1.04 bits per heavy atom. The van der Waals surface area contributed by atoms with Crippen LogP contribution < -0.4 is 24.8 Å². The number of benzene rings is 2. The summed E-state index contributed by atoms with van der Waals surface area (Å²) >= 11 is 0. The van der Waals surface area contributed by atoms with Crippen molar-refractivity contribution in [2.24, 2.45) is 0 Å². The second-order valence-corrected chi connectivity index (χ2v) is 12.1. The van der Waals surface area contributed by atoms with Crippen molar-refractivity contribution in [3.05, 3.63) is 84.0 Å². The van der Waals surface area contributed by atoms with Crippen LogP contribution in [0.5, 0.6) is 0 Å². The van der Waals surface area contributed by atoms with Crippen molar-refractivity contribution in [1.82, 2.24) is 0 Å². The average molecular weight is 491 g/mol. The van der Waals surface area contributed by atoms with Crippen molar-refractivity contribution in [2.45, 2.75) is 43.4 Å². The second kappa shape index (κ2) is 11.0. The summed E-state index contributed by atoms with van der Waals surface area (Å²) in [6.07, 6.45) is 11.5. The van der Waals surface area contributed by atoms with Gasteiger partial charge in [0.25, 0.3) is 0 Å². The fraction of sp³-hybridized carbons (Fsp3) is 0.304. The molecule has 2 aromatic carbocycles. The molecule has 1 aliphatic heterocycles. The van der Waals surface area contributed by atoms with Gasteiger partial charge in [-0.15, -0.1) is 17.5 Å². The minimum Gasteiger partial charge on any atom is -1.00 e. The molecule has 0 radical (unpaired) electrons. The van der Waals surface area contributed by atoms with E-state index in [0.717, 1.165) is 12.0 Å². The summed E-state index contributed by atoms with van der Waals surface area (Å²) in [6, 6.07) is 23.7. The quantitative estimate of drug-likeness (QED) is 0.420. The molecule has 0 spiro atoms. The molecule has 0 N–H and O–H groups in total. The molecule has 1 fully saturated rings. The number of hydrogen-bond acceptors (Lipinski definition) is 0. The zero-order valence-electron chi connectivity index (χ0n) is 15.6. The molecular weight excluding hydrogens is 466 g/mol. The van der Waals surface area contributed by atoms with Crippen LogP contribution in [0, 0.1) is 12.1 Å². The van der Waals surface area contributed by atoms with Gasteiger partial charge in [-0.25, -0.2) is 12.2 Å². The molecule has 0 amide bonds. The third-order valence-electron chi connectivity index (χ3n) is 5.99. The molecule has 1 heterocycles. The maximum Gasteiger partial charge on any atom is 4.00 e. The van der Waals surface area contributed by atoms with Crippen molar-refractivity contribution < 1.29 is 51.0 Å². The summed E-state index contributed by atoms with van der Waals surface area (Å²) < 4.78 is 0. The van der Waals surface area contributed by atoms with Crippen molar-refractivity contribution in [3.8, 4) is 11.1 Å². The molecule has 0 aromatic heterocycles. The van der Waals surface area contributed by atoms with E-state index in [2.05, 4.69) is 67.6 Å². The van der Waals surface area contributed by atoms with Gasteiger partial charge < -0.3 is 24.8 Å². The summed E-state index contributed by atoms with van der Waals surface area (Å²) in [7, 11) is -1.12. The summed E-state index contributed by atoms with van der Waals surface area (Å²) in [6.45, 7) is 2.43. The van der Waals surface area contributed by atoms with Crippen LogP contribution in [0.25, 0.3) is 11.1 Å². The minimum absolute atomic E-state index is 0. The maximum atomic E-state index is 3.59. The van der Waals surface area contributed by atoms with Crippen LogP contribution in [0.4, 0.5) is 0 Å². The van der Waals surface area contributed by atoms with Gasteiger partial charge in [0.05, 0.1) is 8.07 Å². The van der Waals surface area contributed by atoms with Gasteiger partial charge in [-0.1, -0.05) is 61.3 Å². The Labute approximate surface area is 196 Å². The summed E-state index contributed by atoms with van der Waals surface area (Å²) in [5, 5.41) is 0. The zero-order chi connectivity index (χ0) is 16.4. The van der Waals surface area contributed by atoms with Crippen LogP contribution in [0.1, 0.15) is 36.4 Å². The van der Waals surface area contributed by atoms with Gasteiger partial charge in [0, 0.05) is 0 Å². The molecule has 4 heteroatoms. The fourth-order valence-corrected chi connectivity index (χ4v) is 9.24. The molecule has 2 aromatic rings. The molecule has 1 saturated heterocycles. The van der Waals surface area contributed by atoms with E-state index in [4.69, 9.17) is 0 Å². The molecule has 27 heavy (non-hydrogen) atoms. The van der Waals surface area contributed by atoms with Crippen LogP contribution in [-0.2, 0) is 26.2 Å². The Kier molecular flexibility index (Phi) is 10.00. The van der Waals surface area contributed by atoms with E-state index in [1.165, 1.54) is 41.2 Å². The molecule has 3 aliphatic rings. The van der Waals surface area contributed by atoms with Gasteiger partial charge in [0.2, 0.25) is 0 Å². The molecule has 5 rings (SSSR count). The van der Waals surface area contributed by atoms with E-state index in [9.17, 15) is 0 Å². The summed E-state index contributed by atoms with van der Waals surface area (Å²) in [4.78, 5) is 0. The van der Waals surface area contributed by atoms with Gasteiger partial charge >= 0.3 is 26.2 Å². The van der Waals surface area contributed by atoms with Crippen molar-refractivity contribution >= 4 is 8.07 Å². The van der Waals surface area contributed by atoms with Crippen LogP contribution in [0.15, 0.2) is 60.7 Å². The van der Waals surface area contributed by atoms with Gasteiger partial charge in [0.1, 0.15) is 0 Å². The number of allylic oxidation sites excluding steroid dienone is 4. The molecule has 0 nitrogen and oxygen atoms in total. The van der Waals surface area contributed by atoms with Crippen molar-refractivity contribution in [2.75, 3.05) is 0 Å². The summed E-state index contributed by atoms with van der Waals surface area (Å²) in [5.74, 6) is 0. The van der Waals surface area contributed by atoms with Crippen LogP contribution in [-0.4, -0.2) is 8.07 Å².